The van der Waals surface area contributed by atoms with Gasteiger partial charge in [0.15, 0.2) is 0 Å². The van der Waals surface area contributed by atoms with Gasteiger partial charge in [0, 0.05) is 25.2 Å². The number of hydrogen-bond donors (Lipinski definition) is 2. The monoisotopic (exact) mass is 555 g/mol. The molecule has 1 aliphatic rings. The Kier molecular flexibility index (Phi) is 9.14. The van der Waals surface area contributed by atoms with Gasteiger partial charge in [-0.2, -0.15) is 13.2 Å². The molecule has 0 saturated carbocycles. The van der Waals surface area contributed by atoms with E-state index in [0.717, 1.165) is 17.7 Å². The Bertz CT molecular complexity index is 1340. The van der Waals surface area contributed by atoms with Gasteiger partial charge in [0.25, 0.3) is 5.91 Å². The third-order valence-electron chi connectivity index (χ3n) is 7.07. The van der Waals surface area contributed by atoms with E-state index in [1.165, 1.54) is 0 Å². The number of aliphatic carboxylic acids is 1. The maximum atomic E-state index is 14.2. The molecule has 0 bridgehead atoms. The Morgan fingerprint density at radius 3 is 2.27 bits per heavy atom. The number of carboxylic acid groups (broad SMARTS) is 1. The quantitative estimate of drug-likeness (QED) is 0.306. The Morgan fingerprint density at radius 2 is 1.68 bits per heavy atom. The van der Waals surface area contributed by atoms with Gasteiger partial charge in [-0.1, -0.05) is 30.3 Å². The Hall–Kier alpha value is -3.85. The number of anilines is 1. The van der Waals surface area contributed by atoms with Crippen molar-refractivity contribution in [3.05, 3.63) is 93.5 Å². The molecular formula is C31H32F3NO5. The largest absolute Gasteiger partial charge is 0.493 e. The zero-order valence-corrected chi connectivity index (χ0v) is 22.4. The zero-order chi connectivity index (χ0) is 28.9. The van der Waals surface area contributed by atoms with Crippen molar-refractivity contribution < 1.29 is 37.3 Å². The molecule has 1 amide bonds. The summed E-state index contributed by atoms with van der Waals surface area (Å²) in [5, 5.41) is 11.9. The van der Waals surface area contributed by atoms with E-state index in [-0.39, 0.29) is 17.0 Å². The van der Waals surface area contributed by atoms with E-state index >= 15 is 0 Å². The van der Waals surface area contributed by atoms with E-state index < -0.39 is 35.7 Å². The molecule has 1 heterocycles. The molecule has 1 aliphatic heterocycles. The first-order chi connectivity index (χ1) is 19.0. The van der Waals surface area contributed by atoms with Gasteiger partial charge in [0.05, 0.1) is 24.3 Å². The van der Waals surface area contributed by atoms with Gasteiger partial charge in [-0.25, -0.2) is 0 Å². The molecule has 0 unspecified atom stereocenters. The molecular weight excluding hydrogens is 523 g/mol. The van der Waals surface area contributed by atoms with Crippen LogP contribution in [0.2, 0.25) is 0 Å². The molecule has 6 nitrogen and oxygen atoms in total. The number of halogens is 3. The third kappa shape index (κ3) is 7.21. The predicted molar refractivity (Wildman–Crippen MR) is 145 cm³/mol. The first-order valence-corrected chi connectivity index (χ1v) is 13.2. The number of alkyl halides is 3. The van der Waals surface area contributed by atoms with Crippen LogP contribution in [0.3, 0.4) is 0 Å². The number of rotatable bonds is 9. The van der Waals surface area contributed by atoms with Gasteiger partial charge in [0.2, 0.25) is 0 Å². The fourth-order valence-corrected chi connectivity index (χ4v) is 5.19. The smallest absolute Gasteiger partial charge is 0.418 e. The standard InChI is InChI=1S/C31H32F3NO5/c1-19-14-24(40-13-8-21-6-4-3-5-7-21)15-20(2)29(19)30(38)35-27-16-23(17-28(36)37)25(18-26(27)31(32,33)34)22-9-11-39-12-10-22/h3-7,14-16,18,22H,8-13,17H2,1-2H3,(H,35,38)(H,36,37). The van der Waals surface area contributed by atoms with Gasteiger partial charge < -0.3 is 19.9 Å². The second-order valence-corrected chi connectivity index (χ2v) is 10.0. The number of carbonyl (C=O) groups is 2. The van der Waals surface area contributed by atoms with E-state index in [2.05, 4.69) is 5.32 Å². The van der Waals surface area contributed by atoms with E-state index in [0.29, 0.717) is 61.5 Å². The van der Waals surface area contributed by atoms with E-state index in [1.807, 2.05) is 30.3 Å². The second kappa shape index (κ2) is 12.6. The Labute approximate surface area is 231 Å². The average molecular weight is 556 g/mol. The highest BCUT2D eigenvalue weighted by atomic mass is 19.4. The van der Waals surface area contributed by atoms with E-state index in [1.54, 1.807) is 26.0 Å². The molecule has 0 aliphatic carbocycles. The number of ether oxygens (including phenoxy) is 2. The normalized spacial score (nSPS) is 14.1. The molecule has 3 aromatic carbocycles. The average Bonchev–Trinajstić information content (AvgIpc) is 2.88. The highest BCUT2D eigenvalue weighted by molar-refractivity contribution is 6.07. The third-order valence-corrected chi connectivity index (χ3v) is 7.07. The van der Waals surface area contributed by atoms with Crippen LogP contribution in [0.1, 0.15) is 62.5 Å². The molecule has 1 saturated heterocycles. The van der Waals surface area contributed by atoms with Crippen molar-refractivity contribution in [1.82, 2.24) is 0 Å². The van der Waals surface area contributed by atoms with Crippen LogP contribution in [0.25, 0.3) is 0 Å². The first kappa shape index (κ1) is 29.1. The molecule has 0 aromatic heterocycles. The molecule has 40 heavy (non-hydrogen) atoms. The van der Waals surface area contributed by atoms with Gasteiger partial charge in [-0.15, -0.1) is 0 Å². The first-order valence-electron chi connectivity index (χ1n) is 13.2. The predicted octanol–water partition coefficient (Wildman–Crippen LogP) is 6.72. The van der Waals surface area contributed by atoms with Crippen LogP contribution in [0.15, 0.2) is 54.6 Å². The summed E-state index contributed by atoms with van der Waals surface area (Å²) in [5.74, 6) is -1.58. The van der Waals surface area contributed by atoms with Crippen LogP contribution in [-0.4, -0.2) is 36.8 Å². The topological polar surface area (TPSA) is 84.9 Å². The summed E-state index contributed by atoms with van der Waals surface area (Å²) in [6.45, 7) is 4.60. The minimum absolute atomic E-state index is 0.233. The molecule has 0 radical (unpaired) electrons. The lowest BCUT2D eigenvalue weighted by Crippen LogP contribution is -2.22. The maximum Gasteiger partial charge on any atom is 0.418 e. The molecule has 212 valence electrons. The zero-order valence-electron chi connectivity index (χ0n) is 22.4. The number of carboxylic acids is 1. The number of amides is 1. The summed E-state index contributed by atoms with van der Waals surface area (Å²) in [5.41, 5.74) is 1.56. The van der Waals surface area contributed by atoms with Crippen molar-refractivity contribution in [2.75, 3.05) is 25.1 Å². The van der Waals surface area contributed by atoms with Gasteiger partial charge in [-0.05, 0) is 84.7 Å². The number of benzene rings is 3. The second-order valence-electron chi connectivity index (χ2n) is 10.0. The molecule has 4 rings (SSSR count). The van der Waals surface area contributed by atoms with Crippen LogP contribution in [-0.2, 0) is 28.5 Å². The molecule has 2 N–H and O–H groups in total. The summed E-state index contributed by atoms with van der Waals surface area (Å²) in [6, 6.07) is 15.4. The van der Waals surface area contributed by atoms with Crippen molar-refractivity contribution >= 4 is 17.6 Å². The lowest BCUT2D eigenvalue weighted by atomic mass is 9.85. The number of hydrogen-bond acceptors (Lipinski definition) is 4. The fourth-order valence-electron chi connectivity index (χ4n) is 5.19. The SMILES string of the molecule is Cc1cc(OCCc2ccccc2)cc(C)c1C(=O)Nc1cc(CC(=O)O)c(C2CCOCC2)cc1C(F)(F)F. The molecule has 0 spiro atoms. The minimum Gasteiger partial charge on any atom is -0.493 e. The van der Waals surface area contributed by atoms with E-state index in [9.17, 15) is 27.9 Å². The Morgan fingerprint density at radius 1 is 1.02 bits per heavy atom. The van der Waals surface area contributed by atoms with Crippen molar-refractivity contribution in [3.63, 3.8) is 0 Å². The van der Waals surface area contributed by atoms with Crippen LogP contribution in [0, 0.1) is 13.8 Å². The van der Waals surface area contributed by atoms with Crippen molar-refractivity contribution in [3.8, 4) is 5.75 Å². The number of aryl methyl sites for hydroxylation is 2. The van der Waals surface area contributed by atoms with Crippen LogP contribution in [0.4, 0.5) is 18.9 Å². The lowest BCUT2D eigenvalue weighted by Gasteiger charge is -2.26. The van der Waals surface area contributed by atoms with Gasteiger partial charge in [-0.3, -0.25) is 9.59 Å². The highest BCUT2D eigenvalue weighted by Gasteiger charge is 2.36. The molecule has 9 heteroatoms. The summed E-state index contributed by atoms with van der Waals surface area (Å²) in [6.07, 6.45) is -3.53. The fraction of sp³-hybridized carbons (Fsp3) is 0.355. The van der Waals surface area contributed by atoms with Crippen LogP contribution >= 0.6 is 0 Å². The molecule has 3 aromatic rings. The Balaban J connectivity index is 1.60. The maximum absolute atomic E-state index is 14.2. The van der Waals surface area contributed by atoms with E-state index in [4.69, 9.17) is 9.47 Å². The lowest BCUT2D eigenvalue weighted by molar-refractivity contribution is -0.137. The van der Waals surface area contributed by atoms with Crippen LogP contribution in [0.5, 0.6) is 5.75 Å². The highest BCUT2D eigenvalue weighted by Crippen LogP contribution is 2.41. The summed E-state index contributed by atoms with van der Waals surface area (Å²) in [7, 11) is 0. The number of carbonyl (C=O) groups excluding carboxylic acids is 1. The minimum atomic E-state index is -4.76. The summed E-state index contributed by atoms with van der Waals surface area (Å²) < 4.78 is 53.8. The van der Waals surface area contributed by atoms with Crippen molar-refractivity contribution in [1.29, 1.82) is 0 Å². The van der Waals surface area contributed by atoms with Crippen molar-refractivity contribution in [2.45, 2.75) is 51.6 Å². The van der Waals surface area contributed by atoms with Crippen molar-refractivity contribution in [2.24, 2.45) is 0 Å². The van der Waals surface area contributed by atoms with Gasteiger partial charge in [0.1, 0.15) is 5.75 Å². The molecule has 1 fully saturated rings. The summed E-state index contributed by atoms with van der Waals surface area (Å²) >= 11 is 0. The molecule has 0 atom stereocenters. The van der Waals surface area contributed by atoms with Crippen LogP contribution < -0.4 is 10.1 Å². The summed E-state index contributed by atoms with van der Waals surface area (Å²) in [4.78, 5) is 24.9. The number of nitrogens with one attached hydrogen (secondary N) is 1. The van der Waals surface area contributed by atoms with Gasteiger partial charge >= 0.3 is 12.1 Å².